The molecular formula is C18H24N4O2. The molecule has 1 atom stereocenters. The summed E-state index contributed by atoms with van der Waals surface area (Å²) in [5.74, 6) is 0.105. The highest BCUT2D eigenvalue weighted by molar-refractivity contribution is 5.97. The first-order valence-corrected chi connectivity index (χ1v) is 8.96. The third-order valence-electron chi connectivity index (χ3n) is 5.01. The number of oxazole rings is 1. The van der Waals surface area contributed by atoms with Crippen LogP contribution in [0.2, 0.25) is 0 Å². The van der Waals surface area contributed by atoms with Crippen molar-refractivity contribution < 1.29 is 9.21 Å². The topological polar surface area (TPSA) is 70.4 Å². The molecule has 6 nitrogen and oxygen atoms in total. The van der Waals surface area contributed by atoms with Crippen molar-refractivity contribution in [2.75, 3.05) is 24.5 Å². The van der Waals surface area contributed by atoms with E-state index in [9.17, 15) is 4.79 Å². The minimum absolute atomic E-state index is 0.105. The molecule has 0 bridgehead atoms. The van der Waals surface area contributed by atoms with Gasteiger partial charge in [-0.3, -0.25) is 9.69 Å². The Labute approximate surface area is 141 Å². The SMILES string of the molecule is O=C(C1CCCCN1)N(c1nc2ccccc2o1)C1CCNCC1. The number of para-hydroxylation sites is 2. The van der Waals surface area contributed by atoms with Gasteiger partial charge in [-0.25, -0.2) is 0 Å². The molecule has 1 aromatic heterocycles. The lowest BCUT2D eigenvalue weighted by molar-refractivity contribution is -0.122. The first-order valence-electron chi connectivity index (χ1n) is 8.96. The van der Waals surface area contributed by atoms with Crippen LogP contribution < -0.4 is 15.5 Å². The summed E-state index contributed by atoms with van der Waals surface area (Å²) in [5.41, 5.74) is 1.53. The second kappa shape index (κ2) is 6.91. The van der Waals surface area contributed by atoms with E-state index in [-0.39, 0.29) is 18.0 Å². The molecule has 2 aliphatic heterocycles. The van der Waals surface area contributed by atoms with Crippen LogP contribution in [0.1, 0.15) is 32.1 Å². The zero-order chi connectivity index (χ0) is 16.4. The maximum atomic E-state index is 13.2. The summed E-state index contributed by atoms with van der Waals surface area (Å²) >= 11 is 0. The molecule has 0 radical (unpaired) electrons. The Balaban J connectivity index is 1.67. The van der Waals surface area contributed by atoms with E-state index < -0.39 is 0 Å². The van der Waals surface area contributed by atoms with Crippen molar-refractivity contribution in [3.63, 3.8) is 0 Å². The van der Waals surface area contributed by atoms with Crippen molar-refractivity contribution in [2.24, 2.45) is 0 Å². The molecule has 2 N–H and O–H groups in total. The number of aromatic nitrogens is 1. The molecule has 1 amide bonds. The van der Waals surface area contributed by atoms with Gasteiger partial charge in [-0.05, 0) is 57.5 Å². The van der Waals surface area contributed by atoms with Gasteiger partial charge in [0, 0.05) is 6.04 Å². The van der Waals surface area contributed by atoms with Gasteiger partial charge in [0.1, 0.15) is 5.52 Å². The van der Waals surface area contributed by atoms with E-state index in [0.29, 0.717) is 6.01 Å². The standard InChI is InChI=1S/C18H24N4O2/c23-17(15-6-3-4-10-20-15)22(13-8-11-19-12-9-13)18-21-14-5-1-2-7-16(14)24-18/h1-2,5,7,13,15,19-20H,3-4,6,8-12H2. The van der Waals surface area contributed by atoms with E-state index in [1.165, 1.54) is 0 Å². The Bertz CT molecular complexity index is 669. The van der Waals surface area contributed by atoms with Crippen LogP contribution in [0, 0.1) is 0 Å². The molecule has 1 aromatic carbocycles. The number of nitrogens with one attached hydrogen (secondary N) is 2. The lowest BCUT2D eigenvalue weighted by Gasteiger charge is -2.35. The zero-order valence-electron chi connectivity index (χ0n) is 13.8. The highest BCUT2D eigenvalue weighted by atomic mass is 16.4. The number of rotatable bonds is 3. The molecule has 2 aromatic rings. The fourth-order valence-electron chi connectivity index (χ4n) is 3.69. The van der Waals surface area contributed by atoms with E-state index in [0.717, 1.165) is 62.8 Å². The van der Waals surface area contributed by atoms with Gasteiger partial charge < -0.3 is 15.1 Å². The van der Waals surface area contributed by atoms with E-state index in [1.54, 1.807) is 0 Å². The molecule has 0 aliphatic carbocycles. The Morgan fingerprint density at radius 2 is 1.96 bits per heavy atom. The molecule has 2 saturated heterocycles. The molecular weight excluding hydrogens is 304 g/mol. The average molecular weight is 328 g/mol. The molecule has 3 heterocycles. The van der Waals surface area contributed by atoms with Crippen molar-refractivity contribution in [1.82, 2.24) is 15.6 Å². The number of carbonyl (C=O) groups excluding carboxylic acids is 1. The van der Waals surface area contributed by atoms with Crippen LogP contribution in [0.4, 0.5) is 6.01 Å². The summed E-state index contributed by atoms with van der Waals surface area (Å²) in [7, 11) is 0. The summed E-state index contributed by atoms with van der Waals surface area (Å²) in [6.07, 6.45) is 4.98. The molecule has 0 saturated carbocycles. The number of carbonyl (C=O) groups is 1. The quantitative estimate of drug-likeness (QED) is 0.902. The van der Waals surface area contributed by atoms with Crippen LogP contribution in [-0.4, -0.2) is 42.6 Å². The highest BCUT2D eigenvalue weighted by Crippen LogP contribution is 2.27. The van der Waals surface area contributed by atoms with Gasteiger partial charge in [0.2, 0.25) is 5.91 Å². The van der Waals surface area contributed by atoms with Gasteiger partial charge in [-0.15, -0.1) is 0 Å². The summed E-state index contributed by atoms with van der Waals surface area (Å²) in [5, 5.41) is 6.73. The molecule has 2 aliphatic rings. The number of piperidine rings is 2. The summed E-state index contributed by atoms with van der Waals surface area (Å²) < 4.78 is 5.94. The van der Waals surface area contributed by atoms with Crippen molar-refractivity contribution >= 4 is 23.0 Å². The fourth-order valence-corrected chi connectivity index (χ4v) is 3.69. The predicted molar refractivity (Wildman–Crippen MR) is 93.0 cm³/mol. The molecule has 2 fully saturated rings. The molecule has 6 heteroatoms. The Morgan fingerprint density at radius 3 is 2.71 bits per heavy atom. The summed E-state index contributed by atoms with van der Waals surface area (Å²) in [4.78, 5) is 19.6. The smallest absolute Gasteiger partial charge is 0.305 e. The average Bonchev–Trinajstić information content (AvgIpc) is 3.07. The second-order valence-corrected chi connectivity index (χ2v) is 6.66. The van der Waals surface area contributed by atoms with Crippen LogP contribution >= 0.6 is 0 Å². The van der Waals surface area contributed by atoms with Crippen LogP contribution in [0.5, 0.6) is 0 Å². The summed E-state index contributed by atoms with van der Waals surface area (Å²) in [6, 6.07) is 8.16. The maximum absolute atomic E-state index is 13.2. The normalized spacial score (nSPS) is 22.6. The van der Waals surface area contributed by atoms with E-state index in [4.69, 9.17) is 4.42 Å². The maximum Gasteiger partial charge on any atom is 0.305 e. The van der Waals surface area contributed by atoms with Crippen molar-refractivity contribution in [1.29, 1.82) is 0 Å². The largest absolute Gasteiger partial charge is 0.423 e. The first kappa shape index (κ1) is 15.6. The number of anilines is 1. The van der Waals surface area contributed by atoms with Gasteiger partial charge in [0.25, 0.3) is 0 Å². The summed E-state index contributed by atoms with van der Waals surface area (Å²) in [6.45, 7) is 2.75. The Kier molecular flexibility index (Phi) is 4.49. The highest BCUT2D eigenvalue weighted by Gasteiger charge is 2.35. The van der Waals surface area contributed by atoms with E-state index in [2.05, 4.69) is 15.6 Å². The van der Waals surface area contributed by atoms with Gasteiger partial charge in [0.05, 0.1) is 6.04 Å². The first-order chi connectivity index (χ1) is 11.8. The number of hydrogen-bond acceptors (Lipinski definition) is 5. The van der Waals surface area contributed by atoms with Crippen LogP contribution in [-0.2, 0) is 4.79 Å². The van der Waals surface area contributed by atoms with Crippen LogP contribution in [0.3, 0.4) is 0 Å². The second-order valence-electron chi connectivity index (χ2n) is 6.66. The third kappa shape index (κ3) is 3.03. The van der Waals surface area contributed by atoms with E-state index >= 15 is 0 Å². The number of benzene rings is 1. The number of nitrogens with zero attached hydrogens (tertiary/aromatic N) is 2. The molecule has 1 unspecified atom stereocenters. The Morgan fingerprint density at radius 1 is 1.12 bits per heavy atom. The van der Waals surface area contributed by atoms with Crippen molar-refractivity contribution in [2.45, 2.75) is 44.2 Å². The van der Waals surface area contributed by atoms with Crippen LogP contribution in [0.15, 0.2) is 28.7 Å². The number of fused-ring (bicyclic) bond motifs is 1. The molecule has 4 rings (SSSR count). The van der Waals surface area contributed by atoms with Gasteiger partial charge in [0.15, 0.2) is 5.58 Å². The zero-order valence-corrected chi connectivity index (χ0v) is 13.8. The third-order valence-corrected chi connectivity index (χ3v) is 5.01. The fraction of sp³-hybridized carbons (Fsp3) is 0.556. The van der Waals surface area contributed by atoms with E-state index in [1.807, 2.05) is 29.2 Å². The monoisotopic (exact) mass is 328 g/mol. The van der Waals surface area contributed by atoms with Crippen molar-refractivity contribution in [3.05, 3.63) is 24.3 Å². The number of hydrogen-bond donors (Lipinski definition) is 2. The predicted octanol–water partition coefficient (Wildman–Crippen LogP) is 2.05. The van der Waals surface area contributed by atoms with Crippen molar-refractivity contribution in [3.8, 4) is 0 Å². The lowest BCUT2D eigenvalue weighted by atomic mass is 10.0. The van der Waals surface area contributed by atoms with Gasteiger partial charge in [-0.2, -0.15) is 4.98 Å². The lowest BCUT2D eigenvalue weighted by Crippen LogP contribution is -2.54. The van der Waals surface area contributed by atoms with Gasteiger partial charge in [-0.1, -0.05) is 18.6 Å². The molecule has 128 valence electrons. The molecule has 0 spiro atoms. The molecule has 24 heavy (non-hydrogen) atoms. The Hall–Kier alpha value is -1.92. The minimum Gasteiger partial charge on any atom is -0.423 e. The van der Waals surface area contributed by atoms with Gasteiger partial charge >= 0.3 is 6.01 Å². The van der Waals surface area contributed by atoms with Crippen LogP contribution in [0.25, 0.3) is 11.1 Å². The minimum atomic E-state index is -0.122. The number of amides is 1.